The van der Waals surface area contributed by atoms with Crippen molar-refractivity contribution in [3.8, 4) is 0 Å². The lowest BCUT2D eigenvalue weighted by molar-refractivity contribution is 0.0935. The number of nitrogens with one attached hydrogen (secondary N) is 1. The van der Waals surface area contributed by atoms with Crippen molar-refractivity contribution in [3.63, 3.8) is 0 Å². The van der Waals surface area contributed by atoms with E-state index in [1.54, 1.807) is 11.4 Å². The van der Waals surface area contributed by atoms with Gasteiger partial charge in [0.15, 0.2) is 0 Å². The van der Waals surface area contributed by atoms with Gasteiger partial charge in [-0.2, -0.15) is 0 Å². The third kappa shape index (κ3) is 3.37. The van der Waals surface area contributed by atoms with Gasteiger partial charge < -0.3 is 5.32 Å². The summed E-state index contributed by atoms with van der Waals surface area (Å²) >= 11 is 13.0. The Morgan fingerprint density at radius 3 is 2.67 bits per heavy atom. The second-order valence-corrected chi connectivity index (χ2v) is 5.21. The molecule has 84 valence electrons. The zero-order valence-corrected chi connectivity index (χ0v) is 10.9. The van der Waals surface area contributed by atoms with Crippen LogP contribution in [0.4, 0.5) is 0 Å². The highest BCUT2D eigenvalue weighted by atomic mass is 35.5. The maximum Gasteiger partial charge on any atom is 0.263 e. The lowest BCUT2D eigenvalue weighted by Crippen LogP contribution is -2.39. The van der Waals surface area contributed by atoms with E-state index in [2.05, 4.69) is 5.32 Å². The number of carbonyl (C=O) groups is 1. The topological polar surface area (TPSA) is 29.1 Å². The molecule has 1 aromatic rings. The number of hydrogen-bond donors (Lipinski definition) is 1. The van der Waals surface area contributed by atoms with E-state index in [1.165, 1.54) is 11.3 Å². The summed E-state index contributed by atoms with van der Waals surface area (Å²) in [5.74, 6) is 0.575. The normalized spacial score (nSPS) is 12.9. The third-order valence-corrected chi connectivity index (χ3v) is 3.78. The van der Waals surface area contributed by atoms with Crippen LogP contribution in [0, 0.1) is 5.92 Å². The number of thiophene rings is 1. The van der Waals surface area contributed by atoms with Crippen LogP contribution in [0.25, 0.3) is 0 Å². The fourth-order valence-electron chi connectivity index (χ4n) is 1.07. The molecule has 0 saturated carbocycles. The first-order chi connectivity index (χ1) is 7.06. The second kappa shape index (κ2) is 5.73. The van der Waals surface area contributed by atoms with Gasteiger partial charge in [-0.1, -0.05) is 25.4 Å². The fourth-order valence-corrected chi connectivity index (χ4v) is 2.55. The molecule has 0 saturated heterocycles. The number of halogens is 2. The Hall–Kier alpha value is -0.250. The molecule has 1 aromatic heterocycles. The summed E-state index contributed by atoms with van der Waals surface area (Å²) in [6.07, 6.45) is 0. The minimum absolute atomic E-state index is 0.0164. The molecule has 1 amide bonds. The lowest BCUT2D eigenvalue weighted by atomic mass is 10.1. The van der Waals surface area contributed by atoms with Crippen molar-refractivity contribution in [2.75, 3.05) is 5.88 Å². The zero-order valence-electron chi connectivity index (χ0n) is 8.59. The highest BCUT2D eigenvalue weighted by Gasteiger charge is 2.18. The van der Waals surface area contributed by atoms with Crippen molar-refractivity contribution in [1.29, 1.82) is 0 Å². The van der Waals surface area contributed by atoms with Crippen molar-refractivity contribution >= 4 is 40.4 Å². The first-order valence-corrected chi connectivity index (χ1v) is 6.45. The predicted molar refractivity (Wildman–Crippen MR) is 66.1 cm³/mol. The number of hydrogen-bond acceptors (Lipinski definition) is 2. The zero-order chi connectivity index (χ0) is 11.4. The second-order valence-electron chi connectivity index (χ2n) is 3.58. The molecular weight excluding hydrogens is 253 g/mol. The maximum absolute atomic E-state index is 11.8. The van der Waals surface area contributed by atoms with Crippen LogP contribution in [0.15, 0.2) is 11.4 Å². The standard InChI is InChI=1S/C10H13Cl2NOS/c1-6(2)8(5-11)13-10(14)9-7(12)3-4-15-9/h3-4,6,8H,5H2,1-2H3,(H,13,14). The first kappa shape index (κ1) is 12.8. The van der Waals surface area contributed by atoms with Crippen molar-refractivity contribution in [1.82, 2.24) is 5.32 Å². The minimum atomic E-state index is -0.144. The van der Waals surface area contributed by atoms with E-state index in [0.29, 0.717) is 21.7 Å². The summed E-state index contributed by atoms with van der Waals surface area (Å²) in [6, 6.07) is 1.70. The van der Waals surface area contributed by atoms with Gasteiger partial charge in [0.2, 0.25) is 0 Å². The van der Waals surface area contributed by atoms with Crippen LogP contribution < -0.4 is 5.32 Å². The van der Waals surface area contributed by atoms with E-state index in [0.717, 1.165) is 0 Å². The molecule has 0 aliphatic rings. The molecule has 15 heavy (non-hydrogen) atoms. The molecule has 2 nitrogen and oxygen atoms in total. The molecular formula is C10H13Cl2NOS. The van der Waals surface area contributed by atoms with Gasteiger partial charge in [0.25, 0.3) is 5.91 Å². The summed E-state index contributed by atoms with van der Waals surface area (Å²) in [6.45, 7) is 4.03. The van der Waals surface area contributed by atoms with Crippen LogP contribution in [0.3, 0.4) is 0 Å². The van der Waals surface area contributed by atoms with Gasteiger partial charge in [-0.3, -0.25) is 4.79 Å². The van der Waals surface area contributed by atoms with Crippen LogP contribution in [-0.4, -0.2) is 17.8 Å². The molecule has 0 bridgehead atoms. The predicted octanol–water partition coefficient (Wildman–Crippen LogP) is 3.39. The molecule has 1 unspecified atom stereocenters. The summed E-state index contributed by atoms with van der Waals surface area (Å²) in [5.41, 5.74) is 0. The van der Waals surface area contributed by atoms with Crippen LogP contribution in [0.5, 0.6) is 0 Å². The average Bonchev–Trinajstić information content (AvgIpc) is 2.60. The smallest absolute Gasteiger partial charge is 0.263 e. The highest BCUT2D eigenvalue weighted by molar-refractivity contribution is 7.12. The summed E-state index contributed by atoms with van der Waals surface area (Å²) in [4.78, 5) is 12.3. The highest BCUT2D eigenvalue weighted by Crippen LogP contribution is 2.22. The quantitative estimate of drug-likeness (QED) is 0.831. The summed E-state index contributed by atoms with van der Waals surface area (Å²) in [7, 11) is 0. The van der Waals surface area contributed by atoms with E-state index < -0.39 is 0 Å². The van der Waals surface area contributed by atoms with Crippen LogP contribution >= 0.6 is 34.5 Å². The SMILES string of the molecule is CC(C)C(CCl)NC(=O)c1sccc1Cl. The lowest BCUT2D eigenvalue weighted by Gasteiger charge is -2.19. The van der Waals surface area contributed by atoms with Gasteiger partial charge >= 0.3 is 0 Å². The number of carbonyl (C=O) groups excluding carboxylic acids is 1. The Labute approximate surface area is 104 Å². The molecule has 1 atom stereocenters. The molecule has 1 rings (SSSR count). The molecule has 5 heteroatoms. The Kier molecular flexibility index (Phi) is 4.90. The van der Waals surface area contributed by atoms with E-state index in [1.807, 2.05) is 13.8 Å². The first-order valence-electron chi connectivity index (χ1n) is 4.66. The van der Waals surface area contributed by atoms with Crippen LogP contribution in [0.1, 0.15) is 23.5 Å². The number of amides is 1. The van der Waals surface area contributed by atoms with E-state index in [9.17, 15) is 4.79 Å². The Balaban J connectivity index is 2.67. The fraction of sp³-hybridized carbons (Fsp3) is 0.500. The molecule has 0 aliphatic carbocycles. The van der Waals surface area contributed by atoms with Gasteiger partial charge in [-0.05, 0) is 17.4 Å². The van der Waals surface area contributed by atoms with Crippen molar-refractivity contribution in [3.05, 3.63) is 21.3 Å². The van der Waals surface area contributed by atoms with Crippen molar-refractivity contribution in [2.24, 2.45) is 5.92 Å². The van der Waals surface area contributed by atoms with Crippen LogP contribution in [0.2, 0.25) is 5.02 Å². The van der Waals surface area contributed by atoms with Gasteiger partial charge in [0, 0.05) is 11.9 Å². The van der Waals surface area contributed by atoms with E-state index in [-0.39, 0.29) is 11.9 Å². The third-order valence-electron chi connectivity index (χ3n) is 2.11. The average molecular weight is 266 g/mol. The Morgan fingerprint density at radius 2 is 2.27 bits per heavy atom. The van der Waals surface area contributed by atoms with Gasteiger partial charge in [-0.25, -0.2) is 0 Å². The molecule has 1 heterocycles. The van der Waals surface area contributed by atoms with Crippen LogP contribution in [-0.2, 0) is 0 Å². The molecule has 1 N–H and O–H groups in total. The molecule has 0 aromatic carbocycles. The Bertz CT molecular complexity index is 338. The molecule has 0 spiro atoms. The van der Waals surface area contributed by atoms with Gasteiger partial charge in [0.1, 0.15) is 4.88 Å². The maximum atomic E-state index is 11.8. The number of rotatable bonds is 4. The van der Waals surface area contributed by atoms with Crippen molar-refractivity contribution < 1.29 is 4.79 Å². The molecule has 0 radical (unpaired) electrons. The monoisotopic (exact) mass is 265 g/mol. The number of alkyl halides is 1. The Morgan fingerprint density at radius 1 is 1.60 bits per heavy atom. The summed E-state index contributed by atoms with van der Waals surface area (Å²) < 4.78 is 0. The van der Waals surface area contributed by atoms with Gasteiger partial charge in [0.05, 0.1) is 5.02 Å². The minimum Gasteiger partial charge on any atom is -0.347 e. The summed E-state index contributed by atoms with van der Waals surface area (Å²) in [5, 5.41) is 5.15. The molecule has 0 fully saturated rings. The van der Waals surface area contributed by atoms with E-state index >= 15 is 0 Å². The van der Waals surface area contributed by atoms with Gasteiger partial charge in [-0.15, -0.1) is 22.9 Å². The molecule has 0 aliphatic heterocycles. The van der Waals surface area contributed by atoms with E-state index in [4.69, 9.17) is 23.2 Å². The largest absolute Gasteiger partial charge is 0.347 e. The van der Waals surface area contributed by atoms with Crippen molar-refractivity contribution in [2.45, 2.75) is 19.9 Å².